The normalized spacial score (nSPS) is 16.5. The predicted octanol–water partition coefficient (Wildman–Crippen LogP) is 3.09. The van der Waals surface area contributed by atoms with Crippen LogP contribution >= 0.6 is 15.9 Å². The summed E-state index contributed by atoms with van der Waals surface area (Å²) in [7, 11) is 0. The second-order valence-electron chi connectivity index (χ2n) is 4.55. The first-order valence-corrected chi connectivity index (χ1v) is 7.20. The van der Waals surface area contributed by atoms with E-state index in [1.165, 1.54) is 19.3 Å². The quantitative estimate of drug-likeness (QED) is 0.800. The highest BCUT2D eigenvalue weighted by molar-refractivity contribution is 9.10. The minimum absolute atomic E-state index is 0.237. The third kappa shape index (κ3) is 4.10. The number of nitrogens with zero attached hydrogens (tertiary/aromatic N) is 1. The van der Waals surface area contributed by atoms with Crippen LogP contribution in [-0.2, 0) is 4.74 Å². The van der Waals surface area contributed by atoms with E-state index in [0.717, 1.165) is 24.1 Å². The van der Waals surface area contributed by atoms with Crippen LogP contribution in [0, 0.1) is 0 Å². The first-order valence-electron chi connectivity index (χ1n) is 6.41. The smallest absolute Gasteiger partial charge is 0.338 e. The van der Waals surface area contributed by atoms with Crippen LogP contribution in [0.1, 0.15) is 29.6 Å². The van der Waals surface area contributed by atoms with Crippen molar-refractivity contribution in [2.24, 2.45) is 0 Å². The van der Waals surface area contributed by atoms with Gasteiger partial charge in [0.05, 0.1) is 5.56 Å². The van der Waals surface area contributed by atoms with Gasteiger partial charge in [-0.3, -0.25) is 4.90 Å². The lowest BCUT2D eigenvalue weighted by atomic mass is 10.1. The second-order valence-corrected chi connectivity index (χ2v) is 5.46. The zero-order valence-corrected chi connectivity index (χ0v) is 12.0. The van der Waals surface area contributed by atoms with E-state index in [2.05, 4.69) is 20.8 Å². The van der Waals surface area contributed by atoms with Gasteiger partial charge in [0.15, 0.2) is 0 Å². The van der Waals surface area contributed by atoms with Crippen molar-refractivity contribution >= 4 is 21.9 Å². The SMILES string of the molecule is O=C(OCCN1CCCCC1)c1ccc(Br)cc1. The molecule has 0 aliphatic carbocycles. The Labute approximate surface area is 116 Å². The molecular weight excluding hydrogens is 294 g/mol. The molecular formula is C14H18BrNO2. The fraction of sp³-hybridized carbons (Fsp3) is 0.500. The third-order valence-electron chi connectivity index (χ3n) is 3.17. The molecule has 0 N–H and O–H groups in total. The Morgan fingerprint density at radius 3 is 2.50 bits per heavy atom. The van der Waals surface area contributed by atoms with Crippen LogP contribution in [-0.4, -0.2) is 37.1 Å². The third-order valence-corrected chi connectivity index (χ3v) is 3.70. The maximum absolute atomic E-state index is 11.7. The summed E-state index contributed by atoms with van der Waals surface area (Å²) >= 11 is 3.34. The number of hydrogen-bond donors (Lipinski definition) is 0. The molecule has 1 aromatic rings. The highest BCUT2D eigenvalue weighted by atomic mass is 79.9. The molecule has 0 unspecified atom stereocenters. The van der Waals surface area contributed by atoms with Crippen molar-refractivity contribution in [1.29, 1.82) is 0 Å². The standard InChI is InChI=1S/C14H18BrNO2/c15-13-6-4-12(5-7-13)14(17)18-11-10-16-8-2-1-3-9-16/h4-7H,1-3,8-11H2. The molecule has 2 rings (SSSR count). The lowest BCUT2D eigenvalue weighted by Crippen LogP contribution is -2.33. The van der Waals surface area contributed by atoms with E-state index in [0.29, 0.717) is 12.2 Å². The van der Waals surface area contributed by atoms with Crippen LogP contribution in [0.4, 0.5) is 0 Å². The summed E-state index contributed by atoms with van der Waals surface area (Å²) in [5, 5.41) is 0. The number of carbonyl (C=O) groups excluding carboxylic acids is 1. The van der Waals surface area contributed by atoms with E-state index in [-0.39, 0.29) is 5.97 Å². The number of likely N-dealkylation sites (tertiary alicyclic amines) is 1. The molecule has 3 nitrogen and oxygen atoms in total. The van der Waals surface area contributed by atoms with Crippen molar-refractivity contribution in [2.75, 3.05) is 26.2 Å². The van der Waals surface area contributed by atoms with Gasteiger partial charge in [-0.15, -0.1) is 0 Å². The number of piperidine rings is 1. The van der Waals surface area contributed by atoms with Crippen LogP contribution in [0.15, 0.2) is 28.7 Å². The molecule has 18 heavy (non-hydrogen) atoms. The molecule has 4 heteroatoms. The van der Waals surface area contributed by atoms with Crippen molar-refractivity contribution in [2.45, 2.75) is 19.3 Å². The average Bonchev–Trinajstić information content (AvgIpc) is 2.40. The van der Waals surface area contributed by atoms with Crippen LogP contribution in [0.2, 0.25) is 0 Å². The van der Waals surface area contributed by atoms with Gasteiger partial charge in [-0.25, -0.2) is 4.79 Å². The Morgan fingerprint density at radius 1 is 1.17 bits per heavy atom. The first-order chi connectivity index (χ1) is 8.75. The van der Waals surface area contributed by atoms with Crippen LogP contribution in [0.3, 0.4) is 0 Å². The van der Waals surface area contributed by atoms with E-state index in [1.54, 1.807) is 12.1 Å². The van der Waals surface area contributed by atoms with E-state index in [1.807, 2.05) is 12.1 Å². The molecule has 0 aromatic heterocycles. The predicted molar refractivity (Wildman–Crippen MR) is 74.7 cm³/mol. The zero-order valence-electron chi connectivity index (χ0n) is 10.4. The van der Waals surface area contributed by atoms with E-state index in [4.69, 9.17) is 4.74 Å². The van der Waals surface area contributed by atoms with Crippen molar-refractivity contribution < 1.29 is 9.53 Å². The molecule has 1 aromatic carbocycles. The Morgan fingerprint density at radius 2 is 1.83 bits per heavy atom. The molecule has 1 aliphatic heterocycles. The maximum atomic E-state index is 11.7. The van der Waals surface area contributed by atoms with Crippen molar-refractivity contribution in [3.05, 3.63) is 34.3 Å². The molecule has 0 atom stereocenters. The van der Waals surface area contributed by atoms with Gasteiger partial charge in [-0.05, 0) is 50.2 Å². The zero-order chi connectivity index (χ0) is 12.8. The Balaban J connectivity index is 1.72. The summed E-state index contributed by atoms with van der Waals surface area (Å²) in [5.41, 5.74) is 0.608. The molecule has 1 aliphatic rings. The Kier molecular flexibility index (Phi) is 5.20. The van der Waals surface area contributed by atoms with Crippen LogP contribution < -0.4 is 0 Å². The van der Waals surface area contributed by atoms with Gasteiger partial charge in [0.1, 0.15) is 6.61 Å². The van der Waals surface area contributed by atoms with Gasteiger partial charge in [-0.1, -0.05) is 22.4 Å². The van der Waals surface area contributed by atoms with E-state index < -0.39 is 0 Å². The molecule has 0 saturated carbocycles. The lowest BCUT2D eigenvalue weighted by molar-refractivity contribution is 0.0452. The molecule has 1 heterocycles. The summed E-state index contributed by atoms with van der Waals surface area (Å²) in [5.74, 6) is -0.237. The van der Waals surface area contributed by atoms with Crippen molar-refractivity contribution in [1.82, 2.24) is 4.90 Å². The number of halogens is 1. The largest absolute Gasteiger partial charge is 0.461 e. The van der Waals surface area contributed by atoms with Gasteiger partial charge in [-0.2, -0.15) is 0 Å². The number of benzene rings is 1. The topological polar surface area (TPSA) is 29.5 Å². The molecule has 98 valence electrons. The minimum Gasteiger partial charge on any atom is -0.461 e. The molecule has 1 saturated heterocycles. The van der Waals surface area contributed by atoms with Gasteiger partial charge >= 0.3 is 5.97 Å². The molecule has 0 radical (unpaired) electrons. The van der Waals surface area contributed by atoms with Gasteiger partial charge in [0, 0.05) is 11.0 Å². The molecule has 1 fully saturated rings. The summed E-state index contributed by atoms with van der Waals surface area (Å²) in [4.78, 5) is 14.1. The highest BCUT2D eigenvalue weighted by Gasteiger charge is 2.11. The molecule has 0 spiro atoms. The fourth-order valence-electron chi connectivity index (χ4n) is 2.12. The maximum Gasteiger partial charge on any atom is 0.338 e. The van der Waals surface area contributed by atoms with Crippen molar-refractivity contribution in [3.8, 4) is 0 Å². The number of ether oxygens (including phenoxy) is 1. The summed E-state index contributed by atoms with van der Waals surface area (Å²) in [6.07, 6.45) is 3.86. The number of rotatable bonds is 4. The van der Waals surface area contributed by atoms with Gasteiger partial charge in [0.2, 0.25) is 0 Å². The number of esters is 1. The molecule has 0 amide bonds. The van der Waals surface area contributed by atoms with Gasteiger partial charge in [0.25, 0.3) is 0 Å². The Hall–Kier alpha value is -0.870. The van der Waals surface area contributed by atoms with E-state index in [9.17, 15) is 4.79 Å². The minimum atomic E-state index is -0.237. The van der Waals surface area contributed by atoms with E-state index >= 15 is 0 Å². The van der Waals surface area contributed by atoms with Gasteiger partial charge < -0.3 is 4.74 Å². The highest BCUT2D eigenvalue weighted by Crippen LogP contribution is 2.12. The van der Waals surface area contributed by atoms with Crippen LogP contribution in [0.25, 0.3) is 0 Å². The summed E-state index contributed by atoms with van der Waals surface area (Å²) in [6.45, 7) is 3.60. The first kappa shape index (κ1) is 13.6. The number of hydrogen-bond acceptors (Lipinski definition) is 3. The number of carbonyl (C=O) groups is 1. The van der Waals surface area contributed by atoms with Crippen LogP contribution in [0.5, 0.6) is 0 Å². The Bertz CT molecular complexity index is 385. The fourth-order valence-corrected chi connectivity index (χ4v) is 2.38. The summed E-state index contributed by atoms with van der Waals surface area (Å²) in [6, 6.07) is 7.24. The monoisotopic (exact) mass is 311 g/mol. The molecule has 0 bridgehead atoms. The lowest BCUT2D eigenvalue weighted by Gasteiger charge is -2.25. The average molecular weight is 312 g/mol. The van der Waals surface area contributed by atoms with Crippen molar-refractivity contribution in [3.63, 3.8) is 0 Å². The second kappa shape index (κ2) is 6.90. The summed E-state index contributed by atoms with van der Waals surface area (Å²) < 4.78 is 6.24.